The highest BCUT2D eigenvalue weighted by Crippen LogP contribution is 2.35. The van der Waals surface area contributed by atoms with Gasteiger partial charge in [0.1, 0.15) is 0 Å². The van der Waals surface area contributed by atoms with E-state index in [9.17, 15) is 0 Å². The highest BCUT2D eigenvalue weighted by Gasteiger charge is 2.40. The molecule has 0 aromatic heterocycles. The zero-order valence-corrected chi connectivity index (χ0v) is 31.7. The Balaban J connectivity index is 2.12. The van der Waals surface area contributed by atoms with Gasteiger partial charge in [0.15, 0.2) is 5.79 Å². The molecule has 1 aliphatic heterocycles. The zero-order chi connectivity index (χ0) is 30.4. The molecule has 0 bridgehead atoms. The molecule has 1 aliphatic rings. The van der Waals surface area contributed by atoms with E-state index in [2.05, 4.69) is 79.9 Å². The highest BCUT2D eigenvalue weighted by atomic mass is 32.2. The molecule has 252 valence electrons. The van der Waals surface area contributed by atoms with Gasteiger partial charge in [0.05, 0.1) is 12.7 Å². The molecule has 42 heavy (non-hydrogen) atoms. The Morgan fingerprint density at radius 2 is 0.976 bits per heavy atom. The van der Waals surface area contributed by atoms with Crippen molar-refractivity contribution in [3.05, 3.63) is 0 Å². The van der Waals surface area contributed by atoms with Crippen molar-refractivity contribution in [2.75, 3.05) is 60.4 Å². The molecule has 1 fully saturated rings. The Labute approximate surface area is 281 Å². The molecule has 0 radical (unpaired) electrons. The van der Waals surface area contributed by atoms with Crippen LogP contribution in [0, 0.1) is 0 Å². The van der Waals surface area contributed by atoms with Crippen molar-refractivity contribution in [3.63, 3.8) is 0 Å². The monoisotopic (exact) mass is 665 g/mol. The third kappa shape index (κ3) is 25.5. The van der Waals surface area contributed by atoms with Crippen LogP contribution in [0.3, 0.4) is 0 Å². The van der Waals surface area contributed by atoms with Gasteiger partial charge >= 0.3 is 0 Å². The van der Waals surface area contributed by atoms with Crippen LogP contribution in [-0.4, -0.2) is 77.2 Å². The summed E-state index contributed by atoms with van der Waals surface area (Å²) in [6.45, 7) is 6.45. The lowest BCUT2D eigenvalue weighted by Crippen LogP contribution is -2.31. The fourth-order valence-corrected chi connectivity index (χ4v) is 9.88. The number of rotatable bonds is 33. The maximum atomic E-state index is 6.66. The van der Waals surface area contributed by atoms with Gasteiger partial charge in [-0.15, -0.1) is 0 Å². The van der Waals surface area contributed by atoms with Gasteiger partial charge in [0, 0.05) is 29.6 Å². The highest BCUT2D eigenvalue weighted by molar-refractivity contribution is 8.16. The van der Waals surface area contributed by atoms with Crippen LogP contribution >= 0.6 is 47.0 Å². The van der Waals surface area contributed by atoms with Gasteiger partial charge < -0.3 is 14.4 Å². The summed E-state index contributed by atoms with van der Waals surface area (Å²) in [5.41, 5.74) is 0. The molecule has 0 spiro atoms. The zero-order valence-electron chi connectivity index (χ0n) is 28.5. The van der Waals surface area contributed by atoms with Gasteiger partial charge in [-0.1, -0.05) is 90.9 Å². The number of hydrogen-bond acceptors (Lipinski definition) is 7. The fraction of sp³-hybridized carbons (Fsp3) is 1.00. The fourth-order valence-electron chi connectivity index (χ4n) is 5.42. The van der Waals surface area contributed by atoms with Gasteiger partial charge in [-0.2, -0.15) is 47.0 Å². The molecular weight excluding hydrogens is 595 g/mol. The van der Waals surface area contributed by atoms with E-state index < -0.39 is 0 Å². The van der Waals surface area contributed by atoms with Gasteiger partial charge in [-0.25, -0.2) is 0 Å². The average molecular weight is 666 g/mol. The predicted octanol–water partition coefficient (Wildman–Crippen LogP) is 11.7. The smallest absolute Gasteiger partial charge is 0.168 e. The largest absolute Gasteiger partial charge is 0.347 e. The second-order valence-corrected chi connectivity index (χ2v) is 17.7. The lowest BCUT2D eigenvalue weighted by Gasteiger charge is -2.28. The van der Waals surface area contributed by atoms with E-state index in [0.717, 1.165) is 32.4 Å². The SMILES string of the molecule is CCCCCCCCSCSCCCCCC1(CCCCCSCSCCCCCCCC)OCC(CCN(C)C)O1. The summed E-state index contributed by atoms with van der Waals surface area (Å²) in [6, 6.07) is 0. The number of hydrogen-bond donors (Lipinski definition) is 0. The summed E-state index contributed by atoms with van der Waals surface area (Å²) in [6.07, 6.45) is 28.2. The maximum absolute atomic E-state index is 6.66. The summed E-state index contributed by atoms with van der Waals surface area (Å²) < 4.78 is 13.1. The van der Waals surface area contributed by atoms with Crippen LogP contribution in [0.25, 0.3) is 0 Å². The van der Waals surface area contributed by atoms with Crippen molar-refractivity contribution in [3.8, 4) is 0 Å². The van der Waals surface area contributed by atoms with Crippen LogP contribution in [0.1, 0.15) is 149 Å². The second kappa shape index (κ2) is 30.9. The van der Waals surface area contributed by atoms with E-state index in [1.54, 1.807) is 0 Å². The van der Waals surface area contributed by atoms with Crippen molar-refractivity contribution in [2.24, 2.45) is 0 Å². The minimum atomic E-state index is -0.308. The first kappa shape index (κ1) is 41.3. The van der Waals surface area contributed by atoms with Crippen molar-refractivity contribution >= 4 is 47.0 Å². The van der Waals surface area contributed by atoms with Gasteiger partial charge in [-0.05, 0) is 82.1 Å². The van der Waals surface area contributed by atoms with Crippen LogP contribution in [0.15, 0.2) is 0 Å². The minimum Gasteiger partial charge on any atom is -0.347 e. The molecular formula is C35H71NO2S4. The van der Waals surface area contributed by atoms with Crippen LogP contribution in [0.2, 0.25) is 0 Å². The van der Waals surface area contributed by atoms with Crippen LogP contribution in [-0.2, 0) is 9.47 Å². The Morgan fingerprint density at radius 3 is 1.40 bits per heavy atom. The molecule has 1 atom stereocenters. The van der Waals surface area contributed by atoms with Gasteiger partial charge in [0.25, 0.3) is 0 Å². The third-order valence-corrected chi connectivity index (χ3v) is 13.1. The lowest BCUT2D eigenvalue weighted by atomic mass is 10.0. The van der Waals surface area contributed by atoms with Crippen LogP contribution in [0.4, 0.5) is 0 Å². The normalized spacial score (nSPS) is 16.6. The molecule has 0 amide bonds. The second-order valence-electron chi connectivity index (χ2n) is 12.6. The van der Waals surface area contributed by atoms with Crippen molar-refractivity contribution in [2.45, 2.75) is 161 Å². The molecule has 1 rings (SSSR count). The Bertz CT molecular complexity index is 523. The summed E-state index contributed by atoms with van der Waals surface area (Å²) in [7, 11) is 4.30. The summed E-state index contributed by atoms with van der Waals surface area (Å²) in [4.78, 5) is 2.26. The van der Waals surface area contributed by atoms with E-state index in [1.807, 2.05) is 0 Å². The van der Waals surface area contributed by atoms with E-state index in [4.69, 9.17) is 9.47 Å². The molecule has 1 unspecified atom stereocenters. The number of ether oxygens (including phenoxy) is 2. The third-order valence-electron chi connectivity index (χ3n) is 8.12. The summed E-state index contributed by atoms with van der Waals surface area (Å²) in [5.74, 6) is 5.00. The molecule has 0 aromatic rings. The number of unbranched alkanes of at least 4 members (excludes halogenated alkanes) is 14. The molecule has 0 N–H and O–H groups in total. The van der Waals surface area contributed by atoms with E-state index in [1.165, 1.54) is 149 Å². The van der Waals surface area contributed by atoms with E-state index in [0.29, 0.717) is 0 Å². The van der Waals surface area contributed by atoms with Gasteiger partial charge in [-0.3, -0.25) is 0 Å². The Kier molecular flexibility index (Phi) is 30.4. The van der Waals surface area contributed by atoms with Crippen LogP contribution < -0.4 is 0 Å². The Morgan fingerprint density at radius 1 is 0.571 bits per heavy atom. The minimum absolute atomic E-state index is 0.269. The number of nitrogens with zero attached hydrogens (tertiary/aromatic N) is 1. The van der Waals surface area contributed by atoms with Crippen molar-refractivity contribution < 1.29 is 9.47 Å². The summed E-state index contributed by atoms with van der Waals surface area (Å²) in [5, 5.41) is 2.55. The molecule has 1 saturated heterocycles. The molecule has 1 heterocycles. The topological polar surface area (TPSA) is 21.7 Å². The first-order chi connectivity index (χ1) is 20.6. The van der Waals surface area contributed by atoms with Crippen LogP contribution in [0.5, 0.6) is 0 Å². The quantitative estimate of drug-likeness (QED) is 0.0507. The van der Waals surface area contributed by atoms with E-state index in [-0.39, 0.29) is 11.9 Å². The van der Waals surface area contributed by atoms with Crippen molar-refractivity contribution in [1.29, 1.82) is 0 Å². The first-order valence-electron chi connectivity index (χ1n) is 17.9. The number of thioether (sulfide) groups is 4. The molecule has 0 aromatic carbocycles. The predicted molar refractivity (Wildman–Crippen MR) is 200 cm³/mol. The van der Waals surface area contributed by atoms with Crippen molar-refractivity contribution in [1.82, 2.24) is 4.90 Å². The molecule has 3 nitrogen and oxygen atoms in total. The molecule has 0 saturated carbocycles. The summed E-state index contributed by atoms with van der Waals surface area (Å²) >= 11 is 8.58. The first-order valence-corrected chi connectivity index (χ1v) is 22.5. The van der Waals surface area contributed by atoms with E-state index >= 15 is 0 Å². The van der Waals surface area contributed by atoms with Gasteiger partial charge in [0.2, 0.25) is 0 Å². The standard InChI is InChI=1S/C35H71NO2S4/c1-5-7-9-11-13-19-27-39-32-41-29-21-15-17-24-35(37-31-34(38-35)23-26-36(3)4)25-18-16-22-30-42-33-40-28-20-14-12-10-8-6-2/h34H,5-33H2,1-4H3. The lowest BCUT2D eigenvalue weighted by molar-refractivity contribution is -0.180. The maximum Gasteiger partial charge on any atom is 0.168 e. The molecule has 0 aliphatic carbocycles. The molecule has 7 heteroatoms. The Hall–Kier alpha value is 1.28. The average Bonchev–Trinajstić information content (AvgIpc) is 3.39.